The Bertz CT molecular complexity index is 315. The van der Waals surface area contributed by atoms with Gasteiger partial charge in [0.05, 0.1) is 5.69 Å². The van der Waals surface area contributed by atoms with E-state index < -0.39 is 0 Å². The predicted octanol–water partition coefficient (Wildman–Crippen LogP) is 2.05. The van der Waals surface area contributed by atoms with Gasteiger partial charge in [-0.15, -0.1) is 0 Å². The van der Waals surface area contributed by atoms with Gasteiger partial charge in [0.1, 0.15) is 0 Å². The number of carbonyl (C=O) groups is 1. The molecule has 3 nitrogen and oxygen atoms in total. The SMILES string of the molecule is CC(=O)OC1Nc2ccccc2S1. The Balaban J connectivity index is 2.09. The van der Waals surface area contributed by atoms with E-state index in [0.717, 1.165) is 10.6 Å². The lowest BCUT2D eigenvalue weighted by Gasteiger charge is -2.08. The smallest absolute Gasteiger partial charge is 0.305 e. The second-order valence-electron chi connectivity index (χ2n) is 2.70. The Labute approximate surface area is 80.5 Å². The lowest BCUT2D eigenvalue weighted by atomic mass is 10.3. The van der Waals surface area contributed by atoms with E-state index in [9.17, 15) is 4.79 Å². The van der Waals surface area contributed by atoms with Gasteiger partial charge in [-0.1, -0.05) is 23.9 Å². The van der Waals surface area contributed by atoms with Crippen LogP contribution in [0, 0.1) is 0 Å². The monoisotopic (exact) mass is 195 g/mol. The van der Waals surface area contributed by atoms with Crippen molar-refractivity contribution in [3.05, 3.63) is 24.3 Å². The Morgan fingerprint density at radius 1 is 1.54 bits per heavy atom. The van der Waals surface area contributed by atoms with E-state index in [1.807, 2.05) is 24.3 Å². The number of fused-ring (bicyclic) bond motifs is 1. The maximum absolute atomic E-state index is 10.7. The summed E-state index contributed by atoms with van der Waals surface area (Å²) in [7, 11) is 0. The second kappa shape index (κ2) is 3.30. The van der Waals surface area contributed by atoms with E-state index in [0.29, 0.717) is 0 Å². The van der Waals surface area contributed by atoms with Crippen molar-refractivity contribution in [1.29, 1.82) is 0 Å². The molecule has 0 fully saturated rings. The van der Waals surface area contributed by atoms with Crippen LogP contribution in [0.4, 0.5) is 5.69 Å². The van der Waals surface area contributed by atoms with Crippen LogP contribution in [0.5, 0.6) is 0 Å². The van der Waals surface area contributed by atoms with Gasteiger partial charge in [0.25, 0.3) is 0 Å². The number of ether oxygens (including phenoxy) is 1. The summed E-state index contributed by atoms with van der Waals surface area (Å²) >= 11 is 1.51. The molecule has 1 aliphatic heterocycles. The van der Waals surface area contributed by atoms with Crippen LogP contribution < -0.4 is 5.32 Å². The van der Waals surface area contributed by atoms with Crippen LogP contribution in [0.25, 0.3) is 0 Å². The van der Waals surface area contributed by atoms with Crippen LogP contribution in [0.1, 0.15) is 6.92 Å². The first-order chi connectivity index (χ1) is 6.25. The summed E-state index contributed by atoms with van der Waals surface area (Å²) < 4.78 is 5.01. The van der Waals surface area contributed by atoms with Crippen LogP contribution >= 0.6 is 11.8 Å². The highest BCUT2D eigenvalue weighted by Crippen LogP contribution is 2.38. The number of rotatable bonds is 1. The van der Waals surface area contributed by atoms with Crippen molar-refractivity contribution in [2.24, 2.45) is 0 Å². The highest BCUT2D eigenvalue weighted by atomic mass is 32.2. The van der Waals surface area contributed by atoms with Gasteiger partial charge in [-0.3, -0.25) is 4.79 Å². The minimum absolute atomic E-state index is 0.266. The average molecular weight is 195 g/mol. The number of hydrogen-bond donors (Lipinski definition) is 1. The van der Waals surface area contributed by atoms with Gasteiger partial charge in [0, 0.05) is 11.8 Å². The van der Waals surface area contributed by atoms with Gasteiger partial charge in [0.2, 0.25) is 5.56 Å². The topological polar surface area (TPSA) is 38.3 Å². The summed E-state index contributed by atoms with van der Waals surface area (Å²) in [5.41, 5.74) is 0.758. The quantitative estimate of drug-likeness (QED) is 0.696. The molecule has 0 aliphatic carbocycles. The number of thioether (sulfide) groups is 1. The number of para-hydroxylation sites is 1. The lowest BCUT2D eigenvalue weighted by Crippen LogP contribution is -2.17. The molecule has 13 heavy (non-hydrogen) atoms. The molecule has 0 saturated carbocycles. The minimum Gasteiger partial charge on any atom is -0.432 e. The number of carbonyl (C=O) groups excluding carboxylic acids is 1. The maximum atomic E-state index is 10.7. The average Bonchev–Trinajstić information content (AvgIpc) is 2.44. The summed E-state index contributed by atoms with van der Waals surface area (Å²) in [4.78, 5) is 11.8. The predicted molar refractivity (Wildman–Crippen MR) is 51.5 cm³/mol. The van der Waals surface area contributed by atoms with Gasteiger partial charge in [-0.2, -0.15) is 0 Å². The second-order valence-corrected chi connectivity index (χ2v) is 3.80. The molecule has 1 aromatic rings. The van der Waals surface area contributed by atoms with Crippen LogP contribution in [0.3, 0.4) is 0 Å². The molecule has 0 amide bonds. The van der Waals surface area contributed by atoms with E-state index in [1.165, 1.54) is 18.7 Å². The van der Waals surface area contributed by atoms with Crippen molar-refractivity contribution >= 4 is 23.4 Å². The molecule has 0 aromatic heterocycles. The molecule has 1 atom stereocenters. The highest BCUT2D eigenvalue weighted by molar-refractivity contribution is 8.00. The van der Waals surface area contributed by atoms with E-state index in [1.54, 1.807) is 0 Å². The Hall–Kier alpha value is -1.16. The molecule has 1 heterocycles. The molecule has 0 spiro atoms. The highest BCUT2D eigenvalue weighted by Gasteiger charge is 2.22. The molecule has 1 unspecified atom stereocenters. The first-order valence-corrected chi connectivity index (χ1v) is 4.83. The Kier molecular flexibility index (Phi) is 2.14. The molecule has 1 aromatic carbocycles. The normalized spacial score (nSPS) is 19.0. The van der Waals surface area contributed by atoms with Gasteiger partial charge in [-0.05, 0) is 12.1 Å². The van der Waals surface area contributed by atoms with E-state index in [2.05, 4.69) is 5.32 Å². The fourth-order valence-corrected chi connectivity index (χ4v) is 2.18. The molecule has 1 N–H and O–H groups in total. The number of hydrogen-bond acceptors (Lipinski definition) is 4. The molecule has 1 aliphatic rings. The molecule has 0 saturated heterocycles. The standard InChI is InChI=1S/C9H9NO2S/c1-6(11)12-9-10-7-4-2-3-5-8(7)13-9/h2-5,9-10H,1H3. The van der Waals surface area contributed by atoms with Gasteiger partial charge in [0.15, 0.2) is 0 Å². The summed E-state index contributed by atoms with van der Waals surface area (Å²) in [6.45, 7) is 1.41. The fourth-order valence-electron chi connectivity index (χ4n) is 1.16. The first kappa shape index (κ1) is 8.44. The van der Waals surface area contributed by atoms with Crippen molar-refractivity contribution in [3.63, 3.8) is 0 Å². The zero-order chi connectivity index (χ0) is 9.26. The molecular formula is C9H9NO2S. The van der Waals surface area contributed by atoms with Crippen molar-refractivity contribution < 1.29 is 9.53 Å². The molecule has 0 bridgehead atoms. The Morgan fingerprint density at radius 2 is 2.31 bits per heavy atom. The number of esters is 1. The summed E-state index contributed by atoms with van der Waals surface area (Å²) in [6, 6.07) is 7.87. The van der Waals surface area contributed by atoms with Crippen LogP contribution in [-0.2, 0) is 9.53 Å². The van der Waals surface area contributed by atoms with E-state index in [4.69, 9.17) is 4.74 Å². The maximum Gasteiger partial charge on any atom is 0.305 e. The van der Waals surface area contributed by atoms with Crippen molar-refractivity contribution in [3.8, 4) is 0 Å². The van der Waals surface area contributed by atoms with Crippen molar-refractivity contribution in [1.82, 2.24) is 0 Å². The van der Waals surface area contributed by atoms with Crippen LogP contribution in [-0.4, -0.2) is 11.5 Å². The van der Waals surface area contributed by atoms with E-state index in [-0.39, 0.29) is 11.5 Å². The summed E-state index contributed by atoms with van der Waals surface area (Å²) in [5, 5.41) is 3.09. The first-order valence-electron chi connectivity index (χ1n) is 3.95. The van der Waals surface area contributed by atoms with Crippen LogP contribution in [0.15, 0.2) is 29.2 Å². The summed E-state index contributed by atoms with van der Waals surface area (Å²) in [6.07, 6.45) is 0. The third-order valence-electron chi connectivity index (χ3n) is 1.67. The number of benzene rings is 1. The van der Waals surface area contributed by atoms with Crippen molar-refractivity contribution in [2.75, 3.05) is 5.32 Å². The van der Waals surface area contributed by atoms with Gasteiger partial charge < -0.3 is 10.1 Å². The Morgan fingerprint density at radius 3 is 3.00 bits per heavy atom. The van der Waals surface area contributed by atoms with Crippen molar-refractivity contribution in [2.45, 2.75) is 17.4 Å². The third-order valence-corrected chi connectivity index (χ3v) is 2.71. The number of nitrogens with one attached hydrogen (secondary N) is 1. The number of anilines is 1. The molecule has 2 rings (SSSR count). The minimum atomic E-state index is -0.269. The van der Waals surface area contributed by atoms with Crippen LogP contribution in [0.2, 0.25) is 0 Å². The molecule has 0 radical (unpaired) electrons. The fraction of sp³-hybridized carbons (Fsp3) is 0.222. The summed E-state index contributed by atoms with van der Waals surface area (Å²) in [5.74, 6) is -0.266. The van der Waals surface area contributed by atoms with Gasteiger partial charge >= 0.3 is 5.97 Å². The van der Waals surface area contributed by atoms with Gasteiger partial charge in [-0.25, -0.2) is 0 Å². The zero-order valence-electron chi connectivity index (χ0n) is 7.11. The third kappa shape index (κ3) is 1.78. The molecule has 4 heteroatoms. The van der Waals surface area contributed by atoms with E-state index >= 15 is 0 Å². The molecular weight excluding hydrogens is 186 g/mol. The largest absolute Gasteiger partial charge is 0.432 e. The lowest BCUT2D eigenvalue weighted by molar-refractivity contribution is -0.141. The zero-order valence-corrected chi connectivity index (χ0v) is 7.93. The molecule has 68 valence electrons.